The quantitative estimate of drug-likeness (QED) is 0.469. The first-order chi connectivity index (χ1) is 16.2. The Bertz CT molecular complexity index is 1390. The van der Waals surface area contributed by atoms with E-state index in [0.717, 1.165) is 29.6 Å². The molecule has 1 aromatic heterocycles. The van der Waals surface area contributed by atoms with Crippen molar-refractivity contribution in [1.82, 2.24) is 15.2 Å². The third-order valence-electron chi connectivity index (χ3n) is 6.70. The number of nitrogens with zero attached hydrogens (tertiary/aromatic N) is 1. The summed E-state index contributed by atoms with van der Waals surface area (Å²) in [6.07, 6.45) is 0.966. The van der Waals surface area contributed by atoms with Crippen LogP contribution >= 0.6 is 0 Å². The Balaban J connectivity index is 1.38. The molecule has 3 heterocycles. The van der Waals surface area contributed by atoms with Crippen LogP contribution in [0.1, 0.15) is 49.1 Å². The average Bonchev–Trinajstić information content (AvgIpc) is 3.35. The summed E-state index contributed by atoms with van der Waals surface area (Å²) >= 11 is 0. The van der Waals surface area contributed by atoms with Crippen molar-refractivity contribution in [1.29, 1.82) is 0 Å². The summed E-state index contributed by atoms with van der Waals surface area (Å²) in [6.45, 7) is 1.04. The SMILES string of the molecule is COc1ccc([C@@H]2NCCc3c2[nH]c2ccccc32)cc1CN1C(=O)c2ccccc2C1=O. The fourth-order valence-electron chi connectivity index (χ4n) is 5.12. The number of ether oxygens (including phenoxy) is 1. The molecule has 3 aromatic carbocycles. The Morgan fingerprint density at radius 2 is 1.70 bits per heavy atom. The zero-order valence-electron chi connectivity index (χ0n) is 18.2. The maximum Gasteiger partial charge on any atom is 0.261 e. The number of aromatic nitrogens is 1. The molecule has 33 heavy (non-hydrogen) atoms. The van der Waals surface area contributed by atoms with Gasteiger partial charge in [-0.2, -0.15) is 0 Å². The Labute approximate surface area is 191 Å². The van der Waals surface area contributed by atoms with Crippen LogP contribution in [0.2, 0.25) is 0 Å². The van der Waals surface area contributed by atoms with E-state index in [0.29, 0.717) is 16.9 Å². The first-order valence-corrected chi connectivity index (χ1v) is 11.1. The standard InChI is InChI=1S/C27H23N3O3/c1-33-23-11-10-16(24-25-19(12-13-28-24)18-6-4-5-9-22(18)29-25)14-17(23)15-30-26(31)20-7-2-3-8-21(20)27(30)32/h2-11,14,24,28-29H,12-13,15H2,1H3/t24-/m0/s1. The van der Waals surface area contributed by atoms with Gasteiger partial charge in [0.2, 0.25) is 0 Å². The molecule has 6 rings (SSSR count). The Hall–Kier alpha value is -3.90. The minimum Gasteiger partial charge on any atom is -0.496 e. The molecule has 0 radical (unpaired) electrons. The molecule has 6 nitrogen and oxygen atoms in total. The largest absolute Gasteiger partial charge is 0.496 e. The van der Waals surface area contributed by atoms with Crippen molar-refractivity contribution in [3.05, 3.63) is 100 Å². The molecule has 0 saturated carbocycles. The highest BCUT2D eigenvalue weighted by Crippen LogP contribution is 2.36. The molecule has 2 aliphatic rings. The van der Waals surface area contributed by atoms with Crippen LogP contribution in [0.15, 0.2) is 66.7 Å². The van der Waals surface area contributed by atoms with E-state index in [1.165, 1.54) is 21.5 Å². The number of fused-ring (bicyclic) bond motifs is 4. The van der Waals surface area contributed by atoms with Gasteiger partial charge in [-0.3, -0.25) is 14.5 Å². The predicted octanol–water partition coefficient (Wildman–Crippen LogP) is 4.21. The minimum atomic E-state index is -0.267. The van der Waals surface area contributed by atoms with Crippen LogP contribution in [0.4, 0.5) is 0 Å². The van der Waals surface area contributed by atoms with Crippen molar-refractivity contribution in [3.63, 3.8) is 0 Å². The second-order valence-electron chi connectivity index (χ2n) is 8.51. The number of carbonyl (C=O) groups is 2. The van der Waals surface area contributed by atoms with E-state index in [-0.39, 0.29) is 24.4 Å². The maximum atomic E-state index is 12.9. The summed E-state index contributed by atoms with van der Waals surface area (Å²) in [7, 11) is 1.61. The van der Waals surface area contributed by atoms with Crippen LogP contribution in [0.5, 0.6) is 5.75 Å². The summed E-state index contributed by atoms with van der Waals surface area (Å²) < 4.78 is 5.59. The second kappa shape index (κ2) is 7.60. The highest BCUT2D eigenvalue weighted by atomic mass is 16.5. The third kappa shape index (κ3) is 3.06. The van der Waals surface area contributed by atoms with Crippen molar-refractivity contribution in [2.45, 2.75) is 19.0 Å². The number of hydrogen-bond donors (Lipinski definition) is 2. The number of hydrogen-bond acceptors (Lipinski definition) is 4. The van der Waals surface area contributed by atoms with Gasteiger partial charge in [0.05, 0.1) is 30.8 Å². The summed E-state index contributed by atoms with van der Waals surface area (Å²) in [4.78, 5) is 30.7. The first kappa shape index (κ1) is 19.8. The van der Waals surface area contributed by atoms with E-state index in [9.17, 15) is 9.59 Å². The lowest BCUT2D eigenvalue weighted by Crippen LogP contribution is -2.31. The van der Waals surface area contributed by atoms with Crippen LogP contribution in [0.25, 0.3) is 10.9 Å². The summed E-state index contributed by atoms with van der Waals surface area (Å²) in [6, 6.07) is 21.3. The Kier molecular flexibility index (Phi) is 4.55. The molecule has 1 atom stereocenters. The first-order valence-electron chi connectivity index (χ1n) is 11.1. The van der Waals surface area contributed by atoms with Gasteiger partial charge in [0.1, 0.15) is 5.75 Å². The van der Waals surface area contributed by atoms with Gasteiger partial charge in [0, 0.05) is 28.7 Å². The smallest absolute Gasteiger partial charge is 0.261 e. The van der Waals surface area contributed by atoms with Gasteiger partial charge in [-0.05, 0) is 47.9 Å². The molecule has 164 valence electrons. The highest BCUT2D eigenvalue weighted by Gasteiger charge is 2.35. The van der Waals surface area contributed by atoms with Crippen molar-refractivity contribution in [2.24, 2.45) is 0 Å². The van der Waals surface area contributed by atoms with Crippen molar-refractivity contribution in [3.8, 4) is 5.75 Å². The van der Waals surface area contributed by atoms with Gasteiger partial charge < -0.3 is 15.0 Å². The maximum absolute atomic E-state index is 12.9. The lowest BCUT2D eigenvalue weighted by Gasteiger charge is -2.26. The lowest BCUT2D eigenvalue weighted by atomic mass is 9.93. The zero-order chi connectivity index (χ0) is 22.5. The van der Waals surface area contributed by atoms with E-state index in [4.69, 9.17) is 4.74 Å². The number of carbonyl (C=O) groups excluding carboxylic acids is 2. The molecule has 0 bridgehead atoms. The fraction of sp³-hybridized carbons (Fsp3) is 0.185. The van der Waals surface area contributed by atoms with Crippen LogP contribution in [-0.2, 0) is 13.0 Å². The monoisotopic (exact) mass is 437 g/mol. The highest BCUT2D eigenvalue weighted by molar-refractivity contribution is 6.21. The summed E-state index contributed by atoms with van der Waals surface area (Å²) in [5.41, 5.74) is 6.41. The van der Waals surface area contributed by atoms with E-state index in [1.807, 2.05) is 24.3 Å². The molecular weight excluding hydrogens is 414 g/mol. The number of benzene rings is 3. The normalized spacial score (nSPS) is 17.4. The second-order valence-corrected chi connectivity index (χ2v) is 8.51. The third-order valence-corrected chi connectivity index (χ3v) is 6.70. The average molecular weight is 437 g/mol. The number of methoxy groups -OCH3 is 1. The summed E-state index contributed by atoms with van der Waals surface area (Å²) in [5, 5.41) is 4.89. The lowest BCUT2D eigenvalue weighted by molar-refractivity contribution is 0.0641. The van der Waals surface area contributed by atoms with Gasteiger partial charge in [-0.1, -0.05) is 36.4 Å². The van der Waals surface area contributed by atoms with Crippen molar-refractivity contribution < 1.29 is 14.3 Å². The predicted molar refractivity (Wildman–Crippen MR) is 125 cm³/mol. The molecule has 2 aliphatic heterocycles. The van der Waals surface area contributed by atoms with Crippen molar-refractivity contribution in [2.75, 3.05) is 13.7 Å². The number of rotatable bonds is 4. The molecule has 0 aliphatic carbocycles. The fourth-order valence-corrected chi connectivity index (χ4v) is 5.12. The molecule has 0 fully saturated rings. The van der Waals surface area contributed by atoms with Crippen LogP contribution in [0.3, 0.4) is 0 Å². The number of H-pyrrole nitrogens is 1. The Morgan fingerprint density at radius 1 is 0.970 bits per heavy atom. The van der Waals surface area contributed by atoms with Crippen molar-refractivity contribution >= 4 is 22.7 Å². The van der Waals surface area contributed by atoms with Gasteiger partial charge in [-0.15, -0.1) is 0 Å². The molecule has 0 spiro atoms. The summed E-state index contributed by atoms with van der Waals surface area (Å²) in [5.74, 6) is 0.122. The van der Waals surface area contributed by atoms with Crippen LogP contribution in [0, 0.1) is 0 Å². The van der Waals surface area contributed by atoms with Gasteiger partial charge in [0.25, 0.3) is 11.8 Å². The minimum absolute atomic E-state index is 0.00650. The van der Waals surface area contributed by atoms with Gasteiger partial charge in [0.15, 0.2) is 0 Å². The molecule has 2 N–H and O–H groups in total. The molecule has 0 unspecified atom stereocenters. The number of amides is 2. The number of imide groups is 1. The van der Waals surface area contributed by atoms with E-state index >= 15 is 0 Å². The molecule has 2 amide bonds. The van der Waals surface area contributed by atoms with Crippen LogP contribution < -0.4 is 10.1 Å². The Morgan fingerprint density at radius 3 is 2.45 bits per heavy atom. The van der Waals surface area contributed by atoms with E-state index in [2.05, 4.69) is 28.5 Å². The number of nitrogens with one attached hydrogen (secondary N) is 2. The number of aromatic amines is 1. The van der Waals surface area contributed by atoms with E-state index in [1.54, 1.807) is 31.4 Å². The number of para-hydroxylation sites is 1. The van der Waals surface area contributed by atoms with Gasteiger partial charge >= 0.3 is 0 Å². The van der Waals surface area contributed by atoms with E-state index < -0.39 is 0 Å². The topological polar surface area (TPSA) is 74.4 Å². The molecule has 6 heteroatoms. The molecule has 0 saturated heterocycles. The molecular formula is C27H23N3O3. The van der Waals surface area contributed by atoms with Crippen LogP contribution in [-0.4, -0.2) is 35.4 Å². The van der Waals surface area contributed by atoms with Gasteiger partial charge in [-0.25, -0.2) is 0 Å². The zero-order valence-corrected chi connectivity index (χ0v) is 18.2. The molecule has 4 aromatic rings.